The van der Waals surface area contributed by atoms with Gasteiger partial charge < -0.3 is 9.51 Å². The van der Waals surface area contributed by atoms with Gasteiger partial charge in [0.2, 0.25) is 0 Å². The number of aromatic nitrogens is 3. The van der Waals surface area contributed by atoms with Crippen LogP contribution in [0.1, 0.15) is 5.69 Å². The van der Waals surface area contributed by atoms with Gasteiger partial charge in [-0.1, -0.05) is 0 Å². The van der Waals surface area contributed by atoms with Crippen molar-refractivity contribution in [2.24, 2.45) is 0 Å². The minimum Gasteiger partial charge on any atom is -0.390 e. The maximum atomic E-state index is 8.74. The number of nitrogens with zero attached hydrogens (tertiary/aromatic N) is 3. The number of fused-ring (bicyclic) bond motifs is 1. The molecule has 0 saturated carbocycles. The van der Waals surface area contributed by atoms with Crippen molar-refractivity contribution in [3.8, 4) is 0 Å². The van der Waals surface area contributed by atoms with Crippen LogP contribution in [-0.2, 0) is 6.61 Å². The molecule has 0 saturated heterocycles. The molecule has 0 aliphatic carbocycles. The van der Waals surface area contributed by atoms with E-state index in [1.807, 2.05) is 4.40 Å². The van der Waals surface area contributed by atoms with Crippen molar-refractivity contribution in [2.45, 2.75) is 6.61 Å². The smallest absolute Gasteiger partial charge is 0.155 e. The van der Waals surface area contributed by atoms with Gasteiger partial charge in [0.15, 0.2) is 5.65 Å². The zero-order valence-electron chi connectivity index (χ0n) is 5.81. The van der Waals surface area contributed by atoms with Gasteiger partial charge in [-0.3, -0.25) is 4.98 Å². The van der Waals surface area contributed by atoms with Gasteiger partial charge in [0.25, 0.3) is 0 Å². The zero-order chi connectivity index (χ0) is 7.68. The molecule has 0 bridgehead atoms. The van der Waals surface area contributed by atoms with Crippen molar-refractivity contribution in [3.05, 3.63) is 30.5 Å². The lowest BCUT2D eigenvalue weighted by molar-refractivity contribution is 0.277. The van der Waals surface area contributed by atoms with E-state index in [0.717, 1.165) is 5.65 Å². The highest BCUT2D eigenvalue weighted by atomic mass is 16.3. The Bertz CT molecular complexity index is 335. The summed E-state index contributed by atoms with van der Waals surface area (Å²) in [6, 6.07) is 0. The van der Waals surface area contributed by atoms with Gasteiger partial charge in [-0.05, 0) is 0 Å². The molecule has 2 aromatic heterocycles. The molecule has 1 N–H and O–H groups in total. The van der Waals surface area contributed by atoms with E-state index in [2.05, 4.69) is 9.97 Å². The first-order valence-electron chi connectivity index (χ1n) is 3.28. The topological polar surface area (TPSA) is 50.4 Å². The van der Waals surface area contributed by atoms with Crippen LogP contribution in [0.4, 0.5) is 0 Å². The zero-order valence-corrected chi connectivity index (χ0v) is 5.81. The van der Waals surface area contributed by atoms with E-state index in [0.29, 0.717) is 5.69 Å². The third-order valence-corrected chi connectivity index (χ3v) is 1.48. The Kier molecular flexibility index (Phi) is 1.33. The van der Waals surface area contributed by atoms with E-state index < -0.39 is 0 Å². The molecule has 0 unspecified atom stereocenters. The summed E-state index contributed by atoms with van der Waals surface area (Å²) in [4.78, 5) is 7.98. The Morgan fingerprint density at radius 3 is 3.18 bits per heavy atom. The van der Waals surface area contributed by atoms with Crippen molar-refractivity contribution in [1.29, 1.82) is 0 Å². The third-order valence-electron chi connectivity index (χ3n) is 1.48. The highest BCUT2D eigenvalue weighted by molar-refractivity contribution is 5.36. The normalized spacial score (nSPS) is 10.6. The van der Waals surface area contributed by atoms with E-state index in [1.165, 1.54) is 0 Å². The molecule has 0 atom stereocenters. The molecule has 11 heavy (non-hydrogen) atoms. The maximum absolute atomic E-state index is 8.74. The van der Waals surface area contributed by atoms with Gasteiger partial charge in [-0.25, -0.2) is 4.98 Å². The number of hydrogen-bond acceptors (Lipinski definition) is 3. The molecular weight excluding hydrogens is 142 g/mol. The highest BCUT2D eigenvalue weighted by Gasteiger charge is 1.97. The summed E-state index contributed by atoms with van der Waals surface area (Å²) in [6.45, 7) is -0.0261. The molecule has 4 heteroatoms. The first kappa shape index (κ1) is 6.30. The van der Waals surface area contributed by atoms with Crippen LogP contribution in [-0.4, -0.2) is 19.5 Å². The third kappa shape index (κ3) is 0.969. The maximum Gasteiger partial charge on any atom is 0.155 e. The number of hydrogen-bond donors (Lipinski definition) is 1. The molecule has 2 rings (SSSR count). The lowest BCUT2D eigenvalue weighted by Gasteiger charge is -1.86. The van der Waals surface area contributed by atoms with Crippen molar-refractivity contribution >= 4 is 5.65 Å². The largest absolute Gasteiger partial charge is 0.390 e. The summed E-state index contributed by atoms with van der Waals surface area (Å²) in [5.41, 5.74) is 1.43. The van der Waals surface area contributed by atoms with Crippen LogP contribution in [0.5, 0.6) is 0 Å². The minimum absolute atomic E-state index is 0.0261. The van der Waals surface area contributed by atoms with Crippen molar-refractivity contribution in [1.82, 2.24) is 14.4 Å². The lowest BCUT2D eigenvalue weighted by Crippen LogP contribution is -1.81. The van der Waals surface area contributed by atoms with Crippen LogP contribution in [0.25, 0.3) is 5.65 Å². The van der Waals surface area contributed by atoms with Gasteiger partial charge in [0, 0.05) is 18.6 Å². The van der Waals surface area contributed by atoms with Crippen molar-refractivity contribution in [3.63, 3.8) is 0 Å². The summed E-state index contributed by atoms with van der Waals surface area (Å²) >= 11 is 0. The van der Waals surface area contributed by atoms with Gasteiger partial charge in [0.1, 0.15) is 0 Å². The first-order valence-corrected chi connectivity index (χ1v) is 3.28. The molecule has 4 nitrogen and oxygen atoms in total. The Balaban J connectivity index is 2.69. The van der Waals surface area contributed by atoms with Gasteiger partial charge in [-0.2, -0.15) is 0 Å². The van der Waals surface area contributed by atoms with Gasteiger partial charge >= 0.3 is 0 Å². The molecule has 0 amide bonds. The number of imidazole rings is 1. The highest BCUT2D eigenvalue weighted by Crippen LogP contribution is 2.01. The predicted octanol–water partition coefficient (Wildman–Crippen LogP) is 0.222. The molecule has 2 aromatic rings. The van der Waals surface area contributed by atoms with Crippen LogP contribution in [0, 0.1) is 0 Å². The number of aliphatic hydroxyl groups excluding tert-OH is 1. The standard InChI is InChI=1S/C7H7N3O/c11-5-6-4-10-2-1-8-3-7(10)9-6/h1-4,11H,5H2. The molecule has 56 valence electrons. The second-order valence-corrected chi connectivity index (χ2v) is 2.23. The van der Waals surface area contributed by atoms with Crippen LogP contribution in [0.15, 0.2) is 24.8 Å². The van der Waals surface area contributed by atoms with Crippen LogP contribution >= 0.6 is 0 Å². The molecule has 0 aliphatic rings. The fraction of sp³-hybridized carbons (Fsp3) is 0.143. The molecule has 0 spiro atoms. The molecule has 0 aromatic carbocycles. The van der Waals surface area contributed by atoms with Gasteiger partial charge in [-0.15, -0.1) is 0 Å². The summed E-state index contributed by atoms with van der Waals surface area (Å²) in [7, 11) is 0. The fourth-order valence-electron chi connectivity index (χ4n) is 0.972. The van der Waals surface area contributed by atoms with Crippen LogP contribution < -0.4 is 0 Å². The predicted molar refractivity (Wildman–Crippen MR) is 38.9 cm³/mol. The fourth-order valence-corrected chi connectivity index (χ4v) is 0.972. The summed E-state index contributed by atoms with van der Waals surface area (Å²) in [5, 5.41) is 8.74. The molecule has 0 radical (unpaired) electrons. The minimum atomic E-state index is -0.0261. The first-order chi connectivity index (χ1) is 5.40. The molecule has 0 aliphatic heterocycles. The lowest BCUT2D eigenvalue weighted by atomic mass is 10.5. The molecular formula is C7H7N3O. The van der Waals surface area contributed by atoms with E-state index in [9.17, 15) is 0 Å². The number of rotatable bonds is 1. The Morgan fingerprint density at radius 1 is 1.55 bits per heavy atom. The molecule has 0 fully saturated rings. The Hall–Kier alpha value is -1.42. The average molecular weight is 149 g/mol. The molecule has 2 heterocycles. The van der Waals surface area contributed by atoms with E-state index in [-0.39, 0.29) is 6.61 Å². The van der Waals surface area contributed by atoms with Crippen LogP contribution in [0.2, 0.25) is 0 Å². The number of aliphatic hydroxyl groups is 1. The SMILES string of the molecule is OCc1cn2ccncc2n1. The van der Waals surface area contributed by atoms with Gasteiger partial charge in [0.05, 0.1) is 18.5 Å². The Labute approximate surface area is 63.1 Å². The average Bonchev–Trinajstić information content (AvgIpc) is 2.46. The van der Waals surface area contributed by atoms with E-state index >= 15 is 0 Å². The van der Waals surface area contributed by atoms with E-state index in [4.69, 9.17) is 5.11 Å². The van der Waals surface area contributed by atoms with Crippen molar-refractivity contribution < 1.29 is 5.11 Å². The summed E-state index contributed by atoms with van der Waals surface area (Å²) < 4.78 is 1.82. The van der Waals surface area contributed by atoms with E-state index in [1.54, 1.807) is 24.8 Å². The monoisotopic (exact) mass is 149 g/mol. The van der Waals surface area contributed by atoms with Crippen molar-refractivity contribution in [2.75, 3.05) is 0 Å². The van der Waals surface area contributed by atoms with Crippen LogP contribution in [0.3, 0.4) is 0 Å². The quantitative estimate of drug-likeness (QED) is 0.631. The second kappa shape index (κ2) is 2.32. The summed E-state index contributed by atoms with van der Waals surface area (Å²) in [6.07, 6.45) is 6.90. The Morgan fingerprint density at radius 2 is 2.45 bits per heavy atom. The second-order valence-electron chi connectivity index (χ2n) is 2.23. The summed E-state index contributed by atoms with van der Waals surface area (Å²) in [5.74, 6) is 0.